The number of aryl methyl sites for hydroxylation is 1. The van der Waals surface area contributed by atoms with E-state index in [9.17, 15) is 29.5 Å². The van der Waals surface area contributed by atoms with Gasteiger partial charge in [-0.15, -0.1) is 0 Å². The van der Waals surface area contributed by atoms with Crippen molar-refractivity contribution in [2.45, 2.75) is 69.1 Å². The zero-order valence-corrected chi connectivity index (χ0v) is 37.6. The average Bonchev–Trinajstić information content (AvgIpc) is 3.85. The summed E-state index contributed by atoms with van der Waals surface area (Å²) in [5, 5.41) is 32.1. The Labute approximate surface area is 382 Å². The number of aliphatic hydroxyl groups is 1. The minimum atomic E-state index is -1.27. The van der Waals surface area contributed by atoms with Gasteiger partial charge in [0, 0.05) is 75.9 Å². The molecule has 0 radical (unpaired) electrons. The van der Waals surface area contributed by atoms with Crippen molar-refractivity contribution in [2.75, 3.05) is 72.8 Å². The summed E-state index contributed by atoms with van der Waals surface area (Å²) in [5.74, 6) is -1.41. The van der Waals surface area contributed by atoms with Crippen LogP contribution in [0.25, 0.3) is 21.8 Å². The number of imide groups is 1. The minimum absolute atomic E-state index is 0.0161. The number of nitriles is 1. The number of nitrogens with one attached hydrogen (secondary N) is 3. The highest BCUT2D eigenvalue weighted by Gasteiger charge is 2.45. The molecule has 4 fully saturated rings. The molecule has 3 aromatic carbocycles. The number of hydrogen-bond acceptors (Lipinski definition) is 14. The van der Waals surface area contributed by atoms with E-state index in [0.717, 1.165) is 6.54 Å². The summed E-state index contributed by atoms with van der Waals surface area (Å²) < 4.78 is 45.5. The summed E-state index contributed by atoms with van der Waals surface area (Å²) >= 11 is 1.28. The molecule has 1 spiro atoms. The van der Waals surface area contributed by atoms with Crippen molar-refractivity contribution in [2.24, 2.45) is 7.05 Å². The minimum Gasteiger partial charge on any atom is -0.389 e. The van der Waals surface area contributed by atoms with Gasteiger partial charge in [-0.05, 0) is 81.6 Å². The summed E-state index contributed by atoms with van der Waals surface area (Å²) in [6, 6.07) is 11.9. The summed E-state index contributed by atoms with van der Waals surface area (Å²) in [6.45, 7) is 4.62. The van der Waals surface area contributed by atoms with E-state index in [0.29, 0.717) is 84.3 Å². The van der Waals surface area contributed by atoms with Crippen LogP contribution in [0.1, 0.15) is 63.5 Å². The summed E-state index contributed by atoms with van der Waals surface area (Å²) in [5.41, 5.74) is 0.220. The molecule has 18 nitrogen and oxygen atoms in total. The predicted octanol–water partition coefficient (Wildman–Crippen LogP) is 5.29. The Morgan fingerprint density at radius 2 is 1.82 bits per heavy atom. The van der Waals surface area contributed by atoms with E-state index in [2.05, 4.69) is 31.5 Å². The molecule has 4 amide bonds. The van der Waals surface area contributed by atoms with E-state index in [1.54, 1.807) is 45.5 Å². The summed E-state index contributed by atoms with van der Waals surface area (Å²) in [6.07, 6.45) is 3.71. The standard InChI is InChI=1S/C45H50F2N12O6S/c1-4-54(2)66-53-35-8-6-32(46)40(31(35)24-48)50-27-5-7-34-29(19-27)42(62)59(26-49-34)28-22-45(65-25-28)12-17-57(18-13-45)39(61)23-44(64)10-15-56(16-11-44)37-21-36-30(20-33(37)47)41(52-55(36)3)58-14-9-38(60)51-43(58)63/h5-8,19-21,26,28,50,53,64H,4,9-18,22-23,25H2,1-3H3,(H,51,60,63). The highest BCUT2D eigenvalue weighted by atomic mass is 32.2. The van der Waals surface area contributed by atoms with Gasteiger partial charge in [0.1, 0.15) is 23.3 Å². The van der Waals surface area contributed by atoms with Crippen LogP contribution in [-0.4, -0.2) is 116 Å². The second kappa shape index (κ2) is 17.8. The molecule has 21 heteroatoms. The van der Waals surface area contributed by atoms with Gasteiger partial charge in [0.25, 0.3) is 5.56 Å². The van der Waals surface area contributed by atoms with E-state index in [4.69, 9.17) is 4.74 Å². The quantitative estimate of drug-likeness (QED) is 0.124. The zero-order chi connectivity index (χ0) is 46.5. The number of hydrogen-bond donors (Lipinski definition) is 4. The van der Waals surface area contributed by atoms with Gasteiger partial charge in [-0.1, -0.05) is 6.92 Å². The number of nitrogens with zero attached hydrogens (tertiary/aromatic N) is 9. The van der Waals surface area contributed by atoms with Gasteiger partial charge < -0.3 is 29.7 Å². The van der Waals surface area contributed by atoms with Gasteiger partial charge in [-0.2, -0.15) is 10.4 Å². The lowest BCUT2D eigenvalue weighted by molar-refractivity contribution is -0.142. The Morgan fingerprint density at radius 1 is 1.05 bits per heavy atom. The van der Waals surface area contributed by atoms with Crippen molar-refractivity contribution < 1.29 is 33.0 Å². The van der Waals surface area contributed by atoms with Crippen LogP contribution in [0.3, 0.4) is 0 Å². The molecule has 2 aromatic heterocycles. The molecule has 6 heterocycles. The first-order valence-corrected chi connectivity index (χ1v) is 22.8. The van der Waals surface area contributed by atoms with Crippen LogP contribution in [0.5, 0.6) is 0 Å². The molecule has 0 bridgehead atoms. The number of fused-ring (bicyclic) bond motifs is 2. The lowest BCUT2D eigenvalue weighted by Crippen LogP contribution is -2.51. The normalized spacial score (nSPS) is 19.5. The maximum absolute atomic E-state index is 15.7. The maximum Gasteiger partial charge on any atom is 0.329 e. The number of likely N-dealkylation sites (tertiary alicyclic amines) is 1. The van der Waals surface area contributed by atoms with Crippen LogP contribution in [-0.2, 0) is 21.4 Å². The molecule has 4 aliphatic heterocycles. The van der Waals surface area contributed by atoms with Crippen molar-refractivity contribution in [3.05, 3.63) is 76.3 Å². The molecule has 66 heavy (non-hydrogen) atoms. The highest BCUT2D eigenvalue weighted by Crippen LogP contribution is 2.42. The molecule has 1 unspecified atom stereocenters. The Kier molecular flexibility index (Phi) is 12.1. The third-order valence-electron chi connectivity index (χ3n) is 13.4. The third kappa shape index (κ3) is 8.61. The Bertz CT molecular complexity index is 2850. The van der Waals surface area contributed by atoms with Crippen LogP contribution in [0, 0.1) is 23.0 Å². The fourth-order valence-electron chi connectivity index (χ4n) is 9.41. The van der Waals surface area contributed by atoms with Gasteiger partial charge in [-0.3, -0.25) is 33.8 Å². The monoisotopic (exact) mass is 924 g/mol. The van der Waals surface area contributed by atoms with Crippen molar-refractivity contribution in [3.8, 4) is 6.07 Å². The molecule has 346 valence electrons. The van der Waals surface area contributed by atoms with E-state index < -0.39 is 28.9 Å². The number of rotatable bonds is 11. The smallest absolute Gasteiger partial charge is 0.329 e. The number of amides is 4. The molecular formula is C45H50F2N12O6S. The van der Waals surface area contributed by atoms with Crippen molar-refractivity contribution >= 4 is 80.4 Å². The Morgan fingerprint density at radius 3 is 2.55 bits per heavy atom. The molecule has 0 saturated carbocycles. The SMILES string of the molecule is CCN(C)SNc1ccc(F)c(Nc2ccc3ncn(C4COC5(CCN(C(=O)CC6(O)CCN(c7cc8c(cc7F)c(N7CCC(=O)NC7=O)nn8C)CC6)CC5)C4)c(=O)c3c2)c1C#N. The number of benzene rings is 3. The van der Waals surface area contributed by atoms with E-state index in [1.165, 1.54) is 41.6 Å². The molecule has 9 rings (SSSR count). The molecule has 4 saturated heterocycles. The third-order valence-corrected chi connectivity index (χ3v) is 14.3. The number of halogens is 2. The largest absolute Gasteiger partial charge is 0.389 e. The number of aromatic nitrogens is 4. The molecule has 0 aliphatic carbocycles. The van der Waals surface area contributed by atoms with E-state index in [-0.39, 0.29) is 79.3 Å². The number of carbonyl (C=O) groups is 3. The summed E-state index contributed by atoms with van der Waals surface area (Å²) in [7, 11) is 3.58. The first-order chi connectivity index (χ1) is 31.7. The highest BCUT2D eigenvalue weighted by molar-refractivity contribution is 7.98. The number of urea groups is 1. The zero-order valence-electron chi connectivity index (χ0n) is 36.8. The predicted molar refractivity (Wildman–Crippen MR) is 245 cm³/mol. The molecule has 5 aromatic rings. The van der Waals surface area contributed by atoms with Crippen LogP contribution >= 0.6 is 12.1 Å². The number of piperidine rings is 2. The van der Waals surface area contributed by atoms with Gasteiger partial charge in [0.15, 0.2) is 5.82 Å². The van der Waals surface area contributed by atoms with Gasteiger partial charge in [0.05, 0.1) is 70.1 Å². The van der Waals surface area contributed by atoms with Crippen molar-refractivity contribution in [1.29, 1.82) is 5.26 Å². The Balaban J connectivity index is 0.806. The fourth-order valence-corrected chi connectivity index (χ4v) is 9.96. The molecular weight excluding hydrogens is 875 g/mol. The van der Waals surface area contributed by atoms with Gasteiger partial charge in [0.2, 0.25) is 11.8 Å². The maximum atomic E-state index is 15.7. The van der Waals surface area contributed by atoms with Gasteiger partial charge in [-0.25, -0.2) is 22.9 Å². The Hall–Kier alpha value is -6.34. The number of carbonyl (C=O) groups excluding carboxylic acids is 3. The number of anilines is 5. The topological polar surface area (TPSA) is 206 Å². The van der Waals surface area contributed by atoms with Crippen molar-refractivity contribution in [3.63, 3.8) is 0 Å². The lowest BCUT2D eigenvalue weighted by Gasteiger charge is -2.42. The first-order valence-electron chi connectivity index (χ1n) is 22.0. The second-order valence-corrected chi connectivity index (χ2v) is 18.6. The lowest BCUT2D eigenvalue weighted by atomic mass is 9.85. The van der Waals surface area contributed by atoms with Crippen LogP contribution in [0.15, 0.2) is 53.6 Å². The molecule has 4 N–H and O–H groups in total. The van der Waals surface area contributed by atoms with Crippen LogP contribution in [0.4, 0.5) is 42.1 Å². The summed E-state index contributed by atoms with van der Waals surface area (Å²) in [4.78, 5) is 61.3. The second-order valence-electron chi connectivity index (χ2n) is 17.6. The fraction of sp³-hybridized carbons (Fsp3) is 0.444. The van der Waals surface area contributed by atoms with Crippen LogP contribution < -0.4 is 30.7 Å². The van der Waals surface area contributed by atoms with Crippen molar-refractivity contribution in [1.82, 2.24) is 33.9 Å². The van der Waals surface area contributed by atoms with Gasteiger partial charge >= 0.3 is 6.03 Å². The number of ether oxygens (including phenoxy) is 1. The van der Waals surface area contributed by atoms with Crippen LogP contribution in [0.2, 0.25) is 0 Å². The molecule has 1 atom stereocenters. The molecule has 4 aliphatic rings. The van der Waals surface area contributed by atoms with E-state index >= 15 is 8.78 Å². The first kappa shape index (κ1) is 44.8. The van der Waals surface area contributed by atoms with E-state index in [1.807, 2.05) is 23.2 Å². The average molecular weight is 925 g/mol.